The fraction of sp³-hybridized carbons (Fsp3) is 0.150. The van der Waals surface area contributed by atoms with E-state index in [0.717, 1.165) is 16.6 Å². The summed E-state index contributed by atoms with van der Waals surface area (Å²) in [5.74, 6) is 0.839. The highest BCUT2D eigenvalue weighted by Gasteiger charge is 2.19. The third-order valence-corrected chi connectivity index (χ3v) is 4.37. The van der Waals surface area contributed by atoms with Crippen molar-refractivity contribution >= 4 is 28.4 Å². The first-order valence-corrected chi connectivity index (χ1v) is 8.69. The molecule has 0 fully saturated rings. The maximum Gasteiger partial charge on any atom is 0.229 e. The van der Waals surface area contributed by atoms with E-state index in [1.165, 1.54) is 7.11 Å². The summed E-state index contributed by atoms with van der Waals surface area (Å²) >= 11 is 0. The maximum atomic E-state index is 15.4. The number of pyridine rings is 1. The molecule has 0 aliphatic rings. The zero-order valence-electron chi connectivity index (χ0n) is 15.7. The number of aromatic nitrogens is 4. The molecule has 8 heteroatoms. The van der Waals surface area contributed by atoms with Crippen molar-refractivity contribution in [2.75, 3.05) is 24.8 Å². The maximum absolute atomic E-state index is 15.4. The van der Waals surface area contributed by atoms with Gasteiger partial charge in [-0.05, 0) is 31.2 Å². The van der Waals surface area contributed by atoms with Crippen molar-refractivity contribution in [2.24, 2.45) is 0 Å². The summed E-state index contributed by atoms with van der Waals surface area (Å²) in [5.41, 5.74) is 2.59. The van der Waals surface area contributed by atoms with Gasteiger partial charge in [-0.1, -0.05) is 0 Å². The Bertz CT molecular complexity index is 1160. The normalized spacial score (nSPS) is 10.9. The van der Waals surface area contributed by atoms with E-state index in [1.807, 2.05) is 19.2 Å². The molecule has 4 aromatic rings. The number of benzene rings is 1. The molecular weight excluding hydrogens is 359 g/mol. The second kappa shape index (κ2) is 7.15. The molecule has 0 saturated heterocycles. The fourth-order valence-corrected chi connectivity index (χ4v) is 3.02. The molecule has 0 atom stereocenters. The lowest BCUT2D eigenvalue weighted by Crippen LogP contribution is -2.04. The highest BCUT2D eigenvalue weighted by atomic mass is 19.1. The van der Waals surface area contributed by atoms with Crippen LogP contribution in [0.3, 0.4) is 0 Å². The molecule has 0 unspecified atom stereocenters. The number of hydrogen-bond acceptors (Lipinski definition) is 6. The summed E-state index contributed by atoms with van der Waals surface area (Å²) in [5, 5.41) is 6.86. The van der Waals surface area contributed by atoms with Crippen LogP contribution in [0.1, 0.15) is 5.69 Å². The third-order valence-electron chi connectivity index (χ3n) is 4.37. The number of H-pyrrole nitrogens is 1. The molecular formula is C20H19FN6O. The highest BCUT2D eigenvalue weighted by molar-refractivity contribution is 5.84. The molecule has 0 aliphatic carbocycles. The quantitative estimate of drug-likeness (QED) is 0.481. The predicted octanol–water partition coefficient (Wildman–Crippen LogP) is 4.26. The van der Waals surface area contributed by atoms with Crippen molar-refractivity contribution < 1.29 is 9.13 Å². The topological polar surface area (TPSA) is 87.8 Å². The number of ether oxygens (including phenoxy) is 1. The number of halogens is 1. The lowest BCUT2D eigenvalue weighted by atomic mass is 10.1. The second-order valence-corrected chi connectivity index (χ2v) is 6.23. The highest BCUT2D eigenvalue weighted by Crippen LogP contribution is 2.37. The molecule has 0 amide bonds. The number of hydrogen-bond donors (Lipinski definition) is 3. The van der Waals surface area contributed by atoms with E-state index in [4.69, 9.17) is 4.74 Å². The van der Waals surface area contributed by atoms with Gasteiger partial charge in [0.15, 0.2) is 5.82 Å². The van der Waals surface area contributed by atoms with Crippen LogP contribution >= 0.6 is 0 Å². The molecule has 0 radical (unpaired) electrons. The van der Waals surface area contributed by atoms with Gasteiger partial charge < -0.3 is 20.4 Å². The summed E-state index contributed by atoms with van der Waals surface area (Å²) in [6.07, 6.45) is 3.51. The van der Waals surface area contributed by atoms with Crippen LogP contribution in [0.15, 0.2) is 42.7 Å². The standard InChI is InChI=1S/C20H19FN6O/c1-11-8-17(22-2)27-20(25-11)26-13-4-5-16(28-3)18(19(13)21)15-9-14-12(10-24-15)6-7-23-14/h4-10,23H,1-3H3,(H2,22,25,26,27). The first-order chi connectivity index (χ1) is 13.6. The summed E-state index contributed by atoms with van der Waals surface area (Å²) in [4.78, 5) is 16.1. The molecule has 0 bridgehead atoms. The molecule has 7 nitrogen and oxygen atoms in total. The zero-order chi connectivity index (χ0) is 19.7. The van der Waals surface area contributed by atoms with Crippen LogP contribution in [0.2, 0.25) is 0 Å². The number of nitrogens with zero attached hydrogens (tertiary/aromatic N) is 3. The SMILES string of the molecule is CNc1cc(C)nc(Nc2ccc(OC)c(-c3cc4[nH]ccc4cn3)c2F)n1. The lowest BCUT2D eigenvalue weighted by molar-refractivity contribution is 0.413. The van der Waals surface area contributed by atoms with E-state index < -0.39 is 5.82 Å². The van der Waals surface area contributed by atoms with Crippen molar-refractivity contribution in [1.82, 2.24) is 19.9 Å². The van der Waals surface area contributed by atoms with Crippen LogP contribution in [-0.4, -0.2) is 34.1 Å². The number of methoxy groups -OCH3 is 1. The number of rotatable bonds is 5. The fourth-order valence-electron chi connectivity index (χ4n) is 3.02. The molecule has 3 aromatic heterocycles. The van der Waals surface area contributed by atoms with Gasteiger partial charge in [-0.25, -0.2) is 9.37 Å². The van der Waals surface area contributed by atoms with E-state index in [-0.39, 0.29) is 11.3 Å². The molecule has 0 aliphatic heterocycles. The molecule has 28 heavy (non-hydrogen) atoms. The van der Waals surface area contributed by atoms with Gasteiger partial charge in [-0.15, -0.1) is 0 Å². The number of nitrogens with one attached hydrogen (secondary N) is 3. The predicted molar refractivity (Wildman–Crippen MR) is 108 cm³/mol. The minimum atomic E-state index is -0.492. The van der Waals surface area contributed by atoms with Gasteiger partial charge in [-0.3, -0.25) is 4.98 Å². The Balaban J connectivity index is 1.80. The number of anilines is 3. The van der Waals surface area contributed by atoms with Crippen LogP contribution < -0.4 is 15.4 Å². The van der Waals surface area contributed by atoms with Crippen molar-refractivity contribution in [3.63, 3.8) is 0 Å². The number of fused-ring (bicyclic) bond motifs is 1. The average molecular weight is 378 g/mol. The molecule has 0 spiro atoms. The van der Waals surface area contributed by atoms with Gasteiger partial charge in [0.2, 0.25) is 5.95 Å². The Morgan fingerprint density at radius 1 is 1.14 bits per heavy atom. The van der Waals surface area contributed by atoms with Gasteiger partial charge in [0.05, 0.1) is 24.1 Å². The van der Waals surface area contributed by atoms with E-state index >= 15 is 4.39 Å². The molecule has 142 valence electrons. The molecule has 4 rings (SSSR count). The summed E-state index contributed by atoms with van der Waals surface area (Å²) < 4.78 is 20.8. The number of aryl methyl sites for hydroxylation is 1. The van der Waals surface area contributed by atoms with Crippen LogP contribution in [0.4, 0.5) is 21.8 Å². The Hall–Kier alpha value is -3.68. The Kier molecular flexibility index (Phi) is 4.52. The average Bonchev–Trinajstić information content (AvgIpc) is 3.16. The van der Waals surface area contributed by atoms with E-state index in [0.29, 0.717) is 23.2 Å². The first kappa shape index (κ1) is 17.7. The second-order valence-electron chi connectivity index (χ2n) is 6.23. The van der Waals surface area contributed by atoms with Crippen molar-refractivity contribution in [2.45, 2.75) is 6.92 Å². The smallest absolute Gasteiger partial charge is 0.229 e. The van der Waals surface area contributed by atoms with E-state index in [1.54, 1.807) is 37.5 Å². The summed E-state index contributed by atoms with van der Waals surface area (Å²) in [7, 11) is 3.27. The minimum absolute atomic E-state index is 0.233. The Morgan fingerprint density at radius 3 is 2.79 bits per heavy atom. The van der Waals surface area contributed by atoms with Gasteiger partial charge in [-0.2, -0.15) is 4.98 Å². The summed E-state index contributed by atoms with van der Waals surface area (Å²) in [6, 6.07) is 8.79. The van der Waals surface area contributed by atoms with Crippen LogP contribution in [0, 0.1) is 12.7 Å². The van der Waals surface area contributed by atoms with Crippen LogP contribution in [0.5, 0.6) is 5.75 Å². The molecule has 0 saturated carbocycles. The zero-order valence-corrected chi connectivity index (χ0v) is 15.7. The minimum Gasteiger partial charge on any atom is -0.496 e. The molecule has 1 aromatic carbocycles. The monoisotopic (exact) mass is 378 g/mol. The van der Waals surface area contributed by atoms with Gasteiger partial charge in [0.1, 0.15) is 11.6 Å². The van der Waals surface area contributed by atoms with Crippen LogP contribution in [-0.2, 0) is 0 Å². The number of aromatic amines is 1. The van der Waals surface area contributed by atoms with Gasteiger partial charge in [0.25, 0.3) is 0 Å². The van der Waals surface area contributed by atoms with E-state index in [2.05, 4.69) is 30.6 Å². The largest absolute Gasteiger partial charge is 0.496 e. The van der Waals surface area contributed by atoms with Crippen LogP contribution in [0.25, 0.3) is 22.2 Å². The Labute approximate surface area is 161 Å². The summed E-state index contributed by atoms with van der Waals surface area (Å²) in [6.45, 7) is 1.85. The van der Waals surface area contributed by atoms with Crippen molar-refractivity contribution in [1.29, 1.82) is 0 Å². The third kappa shape index (κ3) is 3.20. The van der Waals surface area contributed by atoms with Gasteiger partial charge >= 0.3 is 0 Å². The Morgan fingerprint density at radius 2 is 2.00 bits per heavy atom. The first-order valence-electron chi connectivity index (χ1n) is 8.69. The van der Waals surface area contributed by atoms with Crippen molar-refractivity contribution in [3.8, 4) is 17.0 Å². The van der Waals surface area contributed by atoms with E-state index in [9.17, 15) is 0 Å². The molecule has 3 heterocycles. The van der Waals surface area contributed by atoms with Gasteiger partial charge in [0, 0.05) is 42.1 Å². The molecule has 3 N–H and O–H groups in total. The lowest BCUT2D eigenvalue weighted by Gasteiger charge is -2.14. The van der Waals surface area contributed by atoms with Crippen molar-refractivity contribution in [3.05, 3.63) is 54.2 Å².